The van der Waals surface area contributed by atoms with Crippen LogP contribution in [0.2, 0.25) is 0 Å². The third kappa shape index (κ3) is 10.1. The Kier molecular flexibility index (Phi) is 12.0. The van der Waals surface area contributed by atoms with Crippen molar-refractivity contribution >= 4 is 12.1 Å². The van der Waals surface area contributed by atoms with Gasteiger partial charge in [-0.1, -0.05) is 29.8 Å². The fourth-order valence-electron chi connectivity index (χ4n) is 4.38. The van der Waals surface area contributed by atoms with Gasteiger partial charge in [0.1, 0.15) is 29.7 Å². The van der Waals surface area contributed by atoms with Crippen LogP contribution in [0.1, 0.15) is 35.6 Å². The maximum absolute atomic E-state index is 13.2. The van der Waals surface area contributed by atoms with Gasteiger partial charge in [-0.15, -0.1) is 0 Å². The summed E-state index contributed by atoms with van der Waals surface area (Å²) < 4.78 is 35.8. The summed E-state index contributed by atoms with van der Waals surface area (Å²) in [4.78, 5) is 26.1. The van der Waals surface area contributed by atoms with Crippen LogP contribution < -0.4 is 14.2 Å². The molecule has 220 valence electrons. The first kappa shape index (κ1) is 31.4. The normalized spacial score (nSPS) is 11.5. The van der Waals surface area contributed by atoms with Crippen LogP contribution in [0.15, 0.2) is 60.7 Å². The van der Waals surface area contributed by atoms with E-state index in [1.165, 1.54) is 12.1 Å². The second-order valence-corrected chi connectivity index (χ2v) is 9.72. The highest BCUT2D eigenvalue weighted by Gasteiger charge is 2.20. The van der Waals surface area contributed by atoms with Crippen molar-refractivity contribution in [3.63, 3.8) is 0 Å². The number of amides is 1. The maximum atomic E-state index is 13.2. The molecule has 41 heavy (non-hydrogen) atoms. The second kappa shape index (κ2) is 15.6. The molecule has 0 fully saturated rings. The monoisotopic (exact) mass is 567 g/mol. The van der Waals surface area contributed by atoms with Crippen LogP contribution >= 0.6 is 0 Å². The Labute approximate surface area is 240 Å². The number of carbonyl (C=O) groups is 2. The van der Waals surface area contributed by atoms with Crippen molar-refractivity contribution in [3.8, 4) is 17.2 Å². The lowest BCUT2D eigenvalue weighted by molar-refractivity contribution is -0.149. The van der Waals surface area contributed by atoms with Crippen molar-refractivity contribution in [2.24, 2.45) is 0 Å². The van der Waals surface area contributed by atoms with Crippen LogP contribution in [-0.4, -0.2) is 61.1 Å². The molecule has 3 aromatic rings. The summed E-state index contributed by atoms with van der Waals surface area (Å²) in [6, 6.07) is 16.8. The van der Waals surface area contributed by atoms with Crippen LogP contribution in [0, 0.1) is 26.6 Å². The number of nitrogens with zero attached hydrogens (tertiary/aromatic N) is 1. The summed E-state index contributed by atoms with van der Waals surface area (Å²) in [5.41, 5.74) is 3.65. The molecule has 0 spiro atoms. The molecule has 0 aromatic heterocycles. The van der Waals surface area contributed by atoms with E-state index >= 15 is 0 Å². The van der Waals surface area contributed by atoms with E-state index in [0.29, 0.717) is 43.4 Å². The van der Waals surface area contributed by atoms with Crippen molar-refractivity contribution in [1.29, 1.82) is 0 Å². The fourth-order valence-corrected chi connectivity index (χ4v) is 4.38. The van der Waals surface area contributed by atoms with E-state index in [-0.39, 0.29) is 25.4 Å². The van der Waals surface area contributed by atoms with E-state index in [4.69, 9.17) is 18.9 Å². The summed E-state index contributed by atoms with van der Waals surface area (Å²) in [5.74, 6) is 0.344. The van der Waals surface area contributed by atoms with Gasteiger partial charge in [-0.2, -0.15) is 0 Å². The van der Waals surface area contributed by atoms with Gasteiger partial charge in [-0.25, -0.2) is 14.0 Å². The third-order valence-electron chi connectivity index (χ3n) is 6.32. The van der Waals surface area contributed by atoms with E-state index in [1.54, 1.807) is 48.2 Å². The molecule has 0 aliphatic rings. The molecule has 9 heteroatoms. The topological polar surface area (TPSA) is 94.5 Å². The number of aryl methyl sites for hydroxylation is 3. The SMILES string of the molecule is CCOC(Cc1ccc(OCCN(CCCOc2ccc(F)cc2)C(=O)Oc2c(C)cc(C)cc2C)cc1)C(=O)O. The highest BCUT2D eigenvalue weighted by atomic mass is 19.1. The largest absolute Gasteiger partial charge is 0.494 e. The van der Waals surface area contributed by atoms with E-state index < -0.39 is 18.2 Å². The Hall–Kier alpha value is -4.11. The molecule has 1 unspecified atom stereocenters. The van der Waals surface area contributed by atoms with Crippen LogP contribution in [0.4, 0.5) is 9.18 Å². The number of rotatable bonds is 15. The minimum absolute atomic E-state index is 0.218. The molecule has 1 atom stereocenters. The van der Waals surface area contributed by atoms with Gasteiger partial charge in [0.2, 0.25) is 0 Å². The van der Waals surface area contributed by atoms with Crippen LogP contribution in [0.5, 0.6) is 17.2 Å². The van der Waals surface area contributed by atoms with Gasteiger partial charge in [-0.05, 0) is 87.2 Å². The molecule has 0 saturated heterocycles. The summed E-state index contributed by atoms with van der Waals surface area (Å²) in [6.45, 7) is 9.06. The number of carbonyl (C=O) groups excluding carboxylic acids is 1. The van der Waals surface area contributed by atoms with Gasteiger partial charge >= 0.3 is 12.1 Å². The van der Waals surface area contributed by atoms with Gasteiger partial charge in [0, 0.05) is 19.6 Å². The fraction of sp³-hybridized carbons (Fsp3) is 0.375. The van der Waals surface area contributed by atoms with Crippen molar-refractivity contribution in [2.75, 3.05) is 32.9 Å². The Morgan fingerprint density at radius 3 is 2.05 bits per heavy atom. The number of ether oxygens (including phenoxy) is 4. The zero-order valence-corrected chi connectivity index (χ0v) is 24.0. The molecular weight excluding hydrogens is 529 g/mol. The molecule has 3 rings (SSSR count). The standard InChI is InChI=1S/C32H38FNO7/c1-5-38-29(31(35)36)21-25-7-11-27(12-8-25)40-18-16-34(15-6-17-39-28-13-9-26(33)10-14-28)32(37)41-30-23(3)19-22(2)20-24(30)4/h7-14,19-20,29H,5-6,15-18,21H2,1-4H3,(H,35,36). The van der Waals surface area contributed by atoms with Crippen LogP contribution in [0.25, 0.3) is 0 Å². The number of benzene rings is 3. The molecule has 8 nitrogen and oxygen atoms in total. The zero-order chi connectivity index (χ0) is 29.8. The molecule has 3 aromatic carbocycles. The van der Waals surface area contributed by atoms with Gasteiger partial charge in [-0.3, -0.25) is 0 Å². The molecule has 0 saturated carbocycles. The number of hydrogen-bond donors (Lipinski definition) is 1. The lowest BCUT2D eigenvalue weighted by atomic mass is 10.1. The van der Waals surface area contributed by atoms with Crippen molar-refractivity contribution in [1.82, 2.24) is 4.90 Å². The van der Waals surface area contributed by atoms with E-state index in [1.807, 2.05) is 32.9 Å². The number of hydrogen-bond acceptors (Lipinski definition) is 6. The number of carboxylic acids is 1. The third-order valence-corrected chi connectivity index (χ3v) is 6.32. The molecule has 0 radical (unpaired) electrons. The maximum Gasteiger partial charge on any atom is 0.415 e. The van der Waals surface area contributed by atoms with Crippen LogP contribution in [0.3, 0.4) is 0 Å². The zero-order valence-electron chi connectivity index (χ0n) is 24.0. The van der Waals surface area contributed by atoms with E-state index in [9.17, 15) is 19.1 Å². The average molecular weight is 568 g/mol. The highest BCUT2D eigenvalue weighted by molar-refractivity contribution is 5.73. The van der Waals surface area contributed by atoms with Crippen LogP contribution in [-0.2, 0) is 16.0 Å². The number of aliphatic carboxylic acids is 1. The lowest BCUT2D eigenvalue weighted by Gasteiger charge is -2.23. The lowest BCUT2D eigenvalue weighted by Crippen LogP contribution is -2.38. The predicted molar refractivity (Wildman–Crippen MR) is 153 cm³/mol. The molecule has 1 amide bonds. The Balaban J connectivity index is 1.59. The molecule has 1 N–H and O–H groups in total. The minimum atomic E-state index is -1.00. The summed E-state index contributed by atoms with van der Waals surface area (Å²) in [5, 5.41) is 9.30. The predicted octanol–water partition coefficient (Wildman–Crippen LogP) is 6.13. The molecule has 0 heterocycles. The van der Waals surface area contributed by atoms with Crippen molar-refractivity contribution in [2.45, 2.75) is 46.6 Å². The molecular formula is C32H38FNO7. The Bertz CT molecular complexity index is 1260. The van der Waals surface area contributed by atoms with Gasteiger partial charge < -0.3 is 29.0 Å². The summed E-state index contributed by atoms with van der Waals surface area (Å²) in [6.07, 6.45) is -0.617. The second-order valence-electron chi connectivity index (χ2n) is 9.72. The minimum Gasteiger partial charge on any atom is -0.494 e. The first-order chi connectivity index (χ1) is 19.7. The number of halogens is 1. The van der Waals surface area contributed by atoms with Gasteiger partial charge in [0.15, 0.2) is 6.10 Å². The first-order valence-electron chi connectivity index (χ1n) is 13.7. The van der Waals surface area contributed by atoms with Crippen molar-refractivity contribution < 1.29 is 38.0 Å². The van der Waals surface area contributed by atoms with E-state index in [0.717, 1.165) is 22.3 Å². The number of carboxylic acid groups (broad SMARTS) is 1. The van der Waals surface area contributed by atoms with Gasteiger partial charge in [0.25, 0.3) is 0 Å². The average Bonchev–Trinajstić information content (AvgIpc) is 2.93. The van der Waals surface area contributed by atoms with Gasteiger partial charge in [0.05, 0.1) is 13.2 Å². The first-order valence-corrected chi connectivity index (χ1v) is 13.7. The highest BCUT2D eigenvalue weighted by Crippen LogP contribution is 2.25. The molecule has 0 aliphatic carbocycles. The smallest absolute Gasteiger partial charge is 0.415 e. The molecule has 0 bridgehead atoms. The summed E-state index contributed by atoms with van der Waals surface area (Å²) in [7, 11) is 0. The summed E-state index contributed by atoms with van der Waals surface area (Å²) >= 11 is 0. The Morgan fingerprint density at radius 2 is 1.46 bits per heavy atom. The molecule has 0 aliphatic heterocycles. The van der Waals surface area contributed by atoms with Crippen molar-refractivity contribution in [3.05, 3.63) is 88.7 Å². The Morgan fingerprint density at radius 1 is 0.878 bits per heavy atom. The van der Waals surface area contributed by atoms with E-state index in [2.05, 4.69) is 0 Å². The quantitative estimate of drug-likeness (QED) is 0.221.